The first-order chi connectivity index (χ1) is 19.2. The van der Waals surface area contributed by atoms with Gasteiger partial charge in [-0.05, 0) is 102 Å². The number of hydrogen-bond donors (Lipinski definition) is 1. The molecule has 1 aromatic heterocycles. The van der Waals surface area contributed by atoms with Crippen molar-refractivity contribution in [2.24, 2.45) is 5.92 Å². The molecule has 1 N–H and O–H groups in total. The third-order valence-corrected chi connectivity index (χ3v) is 7.67. The van der Waals surface area contributed by atoms with E-state index in [1.807, 2.05) is 39.0 Å². The summed E-state index contributed by atoms with van der Waals surface area (Å²) >= 11 is 0. The summed E-state index contributed by atoms with van der Waals surface area (Å²) in [6.45, 7) is 10.4. The van der Waals surface area contributed by atoms with Crippen molar-refractivity contribution >= 4 is 17.9 Å². The Morgan fingerprint density at radius 3 is 2.65 bits per heavy atom. The summed E-state index contributed by atoms with van der Waals surface area (Å²) in [5, 5.41) is 3.65. The number of likely N-dealkylation sites (tertiary alicyclic amines) is 1. The number of fused-ring (bicyclic) bond motifs is 1. The molecule has 1 saturated heterocycles. The molecule has 0 spiro atoms. The van der Waals surface area contributed by atoms with Gasteiger partial charge in [0.15, 0.2) is 0 Å². The quantitative estimate of drug-likeness (QED) is 0.402. The van der Waals surface area contributed by atoms with E-state index in [1.54, 1.807) is 4.90 Å². The number of aromatic nitrogens is 1. The molecule has 0 radical (unpaired) electrons. The van der Waals surface area contributed by atoms with E-state index in [-0.39, 0.29) is 18.1 Å². The molecule has 3 heterocycles. The third-order valence-electron chi connectivity index (χ3n) is 7.67. The predicted molar refractivity (Wildman–Crippen MR) is 157 cm³/mol. The number of carbonyl (C=O) groups excluding carboxylic acids is 2. The van der Waals surface area contributed by atoms with Crippen LogP contribution < -0.4 is 10.2 Å². The zero-order valence-electron chi connectivity index (χ0n) is 24.7. The zero-order valence-corrected chi connectivity index (χ0v) is 24.7. The summed E-state index contributed by atoms with van der Waals surface area (Å²) in [5.74, 6) is 1.11. The maximum atomic E-state index is 12.8. The number of methoxy groups -OCH3 is 1. The van der Waals surface area contributed by atoms with E-state index in [1.165, 1.54) is 20.0 Å². The molecule has 4 rings (SSSR count). The number of esters is 1. The summed E-state index contributed by atoms with van der Waals surface area (Å²) in [5.41, 5.74) is 2.73. The van der Waals surface area contributed by atoms with E-state index in [0.717, 1.165) is 74.5 Å². The molecular weight excluding hydrogens is 504 g/mol. The van der Waals surface area contributed by atoms with E-state index >= 15 is 0 Å². The first kappa shape index (κ1) is 30.0. The number of hydrogen-bond acceptors (Lipinski definition) is 7. The van der Waals surface area contributed by atoms with Gasteiger partial charge in [-0.15, -0.1) is 0 Å². The molecular formula is C32H46N4O4. The molecule has 218 valence electrons. The molecule has 2 aliphatic heterocycles. The Balaban J connectivity index is 1.28. The molecule has 2 atom stereocenters. The summed E-state index contributed by atoms with van der Waals surface area (Å²) in [6.07, 6.45) is 6.15. The van der Waals surface area contributed by atoms with E-state index in [4.69, 9.17) is 14.5 Å². The summed E-state index contributed by atoms with van der Waals surface area (Å²) in [7, 11) is 1.44. The van der Waals surface area contributed by atoms with Crippen molar-refractivity contribution in [2.75, 3.05) is 44.7 Å². The minimum Gasteiger partial charge on any atom is -0.469 e. The average Bonchev–Trinajstić information content (AvgIpc) is 2.94. The Kier molecular flexibility index (Phi) is 10.6. The second-order valence-corrected chi connectivity index (χ2v) is 12.1. The number of pyridine rings is 1. The van der Waals surface area contributed by atoms with Gasteiger partial charge in [0.25, 0.3) is 0 Å². The molecule has 0 unspecified atom stereocenters. The minimum absolute atomic E-state index is 0.0423. The van der Waals surface area contributed by atoms with Gasteiger partial charge in [-0.1, -0.05) is 36.4 Å². The highest BCUT2D eigenvalue weighted by atomic mass is 16.6. The van der Waals surface area contributed by atoms with Crippen molar-refractivity contribution in [3.05, 3.63) is 59.3 Å². The molecule has 2 aliphatic rings. The van der Waals surface area contributed by atoms with E-state index in [0.29, 0.717) is 18.9 Å². The fourth-order valence-corrected chi connectivity index (χ4v) is 5.67. The van der Waals surface area contributed by atoms with Crippen molar-refractivity contribution < 1.29 is 19.1 Å². The molecule has 0 bridgehead atoms. The second kappa shape index (κ2) is 14.1. The highest BCUT2D eigenvalue weighted by Gasteiger charge is 2.29. The van der Waals surface area contributed by atoms with Gasteiger partial charge < -0.3 is 19.7 Å². The standard InChI is InChI=1S/C32H46N4O4/c1-32(2,3)40-31(38)36-20-9-14-26-16-17-27(34-30(26)36)15-10-19-35-18-8-11-24(23-35)22-33-28(21-29(37)39-4)25-12-6-5-7-13-25/h5-7,12-13,16-17,24,28,33H,8-11,14-15,18-23H2,1-4H3/t24-,28-/m0/s1. The Morgan fingerprint density at radius 2 is 1.90 bits per heavy atom. The molecule has 8 heteroatoms. The normalized spacial score (nSPS) is 18.6. The molecule has 1 fully saturated rings. The fourth-order valence-electron chi connectivity index (χ4n) is 5.67. The largest absolute Gasteiger partial charge is 0.469 e. The van der Waals surface area contributed by atoms with Gasteiger partial charge in [-0.25, -0.2) is 9.78 Å². The summed E-state index contributed by atoms with van der Waals surface area (Å²) in [6, 6.07) is 14.4. The topological polar surface area (TPSA) is 84.0 Å². The highest BCUT2D eigenvalue weighted by molar-refractivity contribution is 5.88. The highest BCUT2D eigenvalue weighted by Crippen LogP contribution is 2.28. The predicted octanol–water partition coefficient (Wildman–Crippen LogP) is 5.31. The number of carbonyl (C=O) groups is 2. The van der Waals surface area contributed by atoms with Crippen molar-refractivity contribution in [3.63, 3.8) is 0 Å². The first-order valence-electron chi connectivity index (χ1n) is 14.8. The van der Waals surface area contributed by atoms with E-state index < -0.39 is 5.60 Å². The van der Waals surface area contributed by atoms with Crippen LogP contribution in [0.4, 0.5) is 10.6 Å². The van der Waals surface area contributed by atoms with Crippen LogP contribution in [-0.4, -0.2) is 67.4 Å². The van der Waals surface area contributed by atoms with Crippen LogP contribution >= 0.6 is 0 Å². The van der Waals surface area contributed by atoms with Gasteiger partial charge in [0.05, 0.1) is 13.5 Å². The lowest BCUT2D eigenvalue weighted by atomic mass is 9.96. The third kappa shape index (κ3) is 8.77. The number of rotatable bonds is 10. The maximum absolute atomic E-state index is 12.8. The number of nitrogens with one attached hydrogen (secondary N) is 1. The van der Waals surface area contributed by atoms with E-state index in [9.17, 15) is 9.59 Å². The fraction of sp³-hybridized carbons (Fsp3) is 0.594. The van der Waals surface area contributed by atoms with Gasteiger partial charge in [0.2, 0.25) is 0 Å². The molecule has 1 aromatic carbocycles. The van der Waals surface area contributed by atoms with Crippen LogP contribution in [0.3, 0.4) is 0 Å². The Bertz CT molecular complexity index is 1120. The molecule has 2 aromatic rings. The van der Waals surface area contributed by atoms with Crippen LogP contribution in [0, 0.1) is 5.92 Å². The zero-order chi connectivity index (χ0) is 28.5. The minimum atomic E-state index is -0.530. The SMILES string of the molecule is COC(=O)C[C@H](NC[C@@H]1CCCN(CCCc2ccc3c(n2)N(C(=O)OC(C)(C)C)CCC3)C1)c1ccccc1. The molecule has 8 nitrogen and oxygen atoms in total. The van der Waals surface area contributed by atoms with E-state index in [2.05, 4.69) is 34.5 Å². The number of benzene rings is 1. The lowest BCUT2D eigenvalue weighted by molar-refractivity contribution is -0.141. The number of piperidine rings is 1. The number of nitrogens with zero attached hydrogens (tertiary/aromatic N) is 3. The van der Waals surface area contributed by atoms with Crippen LogP contribution in [0.2, 0.25) is 0 Å². The molecule has 1 amide bonds. The average molecular weight is 551 g/mol. The molecule has 40 heavy (non-hydrogen) atoms. The Hall–Kier alpha value is -2.97. The smallest absolute Gasteiger partial charge is 0.416 e. The van der Waals surface area contributed by atoms with Gasteiger partial charge in [-0.2, -0.15) is 0 Å². The van der Waals surface area contributed by atoms with Crippen LogP contribution in [-0.2, 0) is 27.1 Å². The maximum Gasteiger partial charge on any atom is 0.416 e. The van der Waals surface area contributed by atoms with Crippen molar-refractivity contribution in [1.82, 2.24) is 15.2 Å². The number of aryl methyl sites for hydroxylation is 2. The van der Waals surface area contributed by atoms with Gasteiger partial charge in [-0.3, -0.25) is 9.69 Å². The first-order valence-corrected chi connectivity index (χ1v) is 14.8. The van der Waals surface area contributed by atoms with Crippen LogP contribution in [0.1, 0.15) is 75.7 Å². The Labute approximate surface area is 239 Å². The molecule has 0 aliphatic carbocycles. The van der Waals surface area contributed by atoms with Crippen LogP contribution in [0.15, 0.2) is 42.5 Å². The van der Waals surface area contributed by atoms with Gasteiger partial charge >= 0.3 is 12.1 Å². The van der Waals surface area contributed by atoms with Gasteiger partial charge in [0, 0.05) is 24.8 Å². The van der Waals surface area contributed by atoms with Crippen molar-refractivity contribution in [1.29, 1.82) is 0 Å². The number of amides is 1. The second-order valence-electron chi connectivity index (χ2n) is 12.1. The van der Waals surface area contributed by atoms with Crippen molar-refractivity contribution in [2.45, 2.75) is 77.4 Å². The summed E-state index contributed by atoms with van der Waals surface area (Å²) in [4.78, 5) is 34.0. The van der Waals surface area contributed by atoms with Crippen molar-refractivity contribution in [3.8, 4) is 0 Å². The summed E-state index contributed by atoms with van der Waals surface area (Å²) < 4.78 is 10.6. The lowest BCUT2D eigenvalue weighted by Crippen LogP contribution is -2.41. The Morgan fingerprint density at radius 1 is 1.10 bits per heavy atom. The number of anilines is 1. The monoisotopic (exact) mass is 550 g/mol. The lowest BCUT2D eigenvalue weighted by Gasteiger charge is -2.34. The van der Waals surface area contributed by atoms with Crippen LogP contribution in [0.25, 0.3) is 0 Å². The van der Waals surface area contributed by atoms with Gasteiger partial charge in [0.1, 0.15) is 11.4 Å². The van der Waals surface area contributed by atoms with Crippen LogP contribution in [0.5, 0.6) is 0 Å². The molecule has 0 saturated carbocycles. The number of ether oxygens (including phenoxy) is 2.